The maximum Gasteiger partial charge on any atom is 0.0897 e. The molecule has 0 spiro atoms. The molecule has 0 aliphatic rings. The fraction of sp³-hybridized carbons (Fsp3) is 1.00. The minimum absolute atomic E-state index is 0.380. The van der Waals surface area contributed by atoms with E-state index >= 15 is 0 Å². The molecule has 0 heterocycles. The minimum Gasteiger partial charge on any atom is -0.389 e. The molecule has 0 aliphatic heterocycles. The molecule has 0 aromatic rings. The lowest BCUT2D eigenvalue weighted by atomic mass is 10.1. The van der Waals surface area contributed by atoms with Crippen LogP contribution < -0.4 is 5.32 Å². The average molecular weight is 189 g/mol. The van der Waals surface area contributed by atoms with Gasteiger partial charge in [-0.2, -0.15) is 0 Å². The molecule has 0 radical (unpaired) electrons. The molecule has 3 heteroatoms. The van der Waals surface area contributed by atoms with Crippen molar-refractivity contribution in [3.8, 4) is 0 Å². The third kappa shape index (κ3) is 8.22. The molecule has 2 unspecified atom stereocenters. The van der Waals surface area contributed by atoms with Gasteiger partial charge >= 0.3 is 0 Å². The van der Waals surface area contributed by atoms with Gasteiger partial charge in [0, 0.05) is 19.7 Å². The number of nitrogens with one attached hydrogen (secondary N) is 1. The highest BCUT2D eigenvalue weighted by Gasteiger charge is 2.05. The number of methoxy groups -OCH3 is 1. The van der Waals surface area contributed by atoms with Crippen LogP contribution in [0.3, 0.4) is 0 Å². The van der Waals surface area contributed by atoms with Gasteiger partial charge in [0.05, 0.1) is 12.7 Å². The number of unbranched alkanes of at least 4 members (excludes halogenated alkanes) is 1. The lowest BCUT2D eigenvalue weighted by Gasteiger charge is -2.16. The molecule has 0 aliphatic carbocycles. The van der Waals surface area contributed by atoms with Crippen LogP contribution in [0.5, 0.6) is 0 Å². The highest BCUT2D eigenvalue weighted by Crippen LogP contribution is 1.99. The molecule has 0 saturated carbocycles. The summed E-state index contributed by atoms with van der Waals surface area (Å²) in [5.41, 5.74) is 0. The Labute approximate surface area is 81.5 Å². The van der Waals surface area contributed by atoms with Crippen molar-refractivity contribution in [2.24, 2.45) is 0 Å². The Bertz CT molecular complexity index is 109. The lowest BCUT2D eigenvalue weighted by Crippen LogP contribution is -2.35. The monoisotopic (exact) mass is 189 g/mol. The van der Waals surface area contributed by atoms with E-state index in [0.29, 0.717) is 19.2 Å². The summed E-state index contributed by atoms with van der Waals surface area (Å²) in [7, 11) is 1.60. The Morgan fingerprint density at radius 1 is 1.46 bits per heavy atom. The van der Waals surface area contributed by atoms with Crippen LogP contribution in [-0.2, 0) is 4.74 Å². The Kier molecular flexibility index (Phi) is 8.40. The summed E-state index contributed by atoms with van der Waals surface area (Å²) < 4.78 is 4.83. The first-order valence-corrected chi connectivity index (χ1v) is 5.11. The van der Waals surface area contributed by atoms with Gasteiger partial charge in [0.1, 0.15) is 0 Å². The number of rotatable bonds is 8. The molecular weight excluding hydrogens is 166 g/mol. The summed E-state index contributed by atoms with van der Waals surface area (Å²) in [6.45, 7) is 5.37. The van der Waals surface area contributed by atoms with E-state index in [1.54, 1.807) is 7.11 Å². The third-order valence-electron chi connectivity index (χ3n) is 2.05. The van der Waals surface area contributed by atoms with Gasteiger partial charge in [-0.05, 0) is 13.3 Å². The van der Waals surface area contributed by atoms with E-state index in [2.05, 4.69) is 19.2 Å². The van der Waals surface area contributed by atoms with Crippen molar-refractivity contribution in [2.75, 3.05) is 20.3 Å². The zero-order valence-electron chi connectivity index (χ0n) is 9.05. The summed E-state index contributed by atoms with van der Waals surface area (Å²) in [5.74, 6) is 0. The summed E-state index contributed by atoms with van der Waals surface area (Å²) >= 11 is 0. The van der Waals surface area contributed by atoms with Crippen LogP contribution in [0.15, 0.2) is 0 Å². The van der Waals surface area contributed by atoms with Gasteiger partial charge in [0.2, 0.25) is 0 Å². The van der Waals surface area contributed by atoms with Gasteiger partial charge in [-0.3, -0.25) is 0 Å². The molecule has 0 rings (SSSR count). The molecule has 0 amide bonds. The number of aliphatic hydroxyl groups is 1. The standard InChI is InChI=1S/C10H23NO2/c1-4-5-6-9(2)11-7-10(12)8-13-3/h9-12H,4-8H2,1-3H3. The van der Waals surface area contributed by atoms with Crippen molar-refractivity contribution in [1.82, 2.24) is 5.32 Å². The van der Waals surface area contributed by atoms with Gasteiger partial charge in [-0.1, -0.05) is 19.8 Å². The molecule has 2 N–H and O–H groups in total. The van der Waals surface area contributed by atoms with Crippen LogP contribution in [0.25, 0.3) is 0 Å². The molecule has 0 aromatic carbocycles. The van der Waals surface area contributed by atoms with E-state index in [-0.39, 0.29) is 6.10 Å². The van der Waals surface area contributed by atoms with E-state index < -0.39 is 0 Å². The third-order valence-corrected chi connectivity index (χ3v) is 2.05. The number of aliphatic hydroxyl groups excluding tert-OH is 1. The van der Waals surface area contributed by atoms with Crippen molar-refractivity contribution >= 4 is 0 Å². The topological polar surface area (TPSA) is 41.5 Å². The zero-order chi connectivity index (χ0) is 10.1. The fourth-order valence-electron chi connectivity index (χ4n) is 1.20. The smallest absolute Gasteiger partial charge is 0.0897 e. The lowest BCUT2D eigenvalue weighted by molar-refractivity contribution is 0.0628. The van der Waals surface area contributed by atoms with Gasteiger partial charge < -0.3 is 15.2 Å². The highest BCUT2D eigenvalue weighted by molar-refractivity contribution is 4.64. The van der Waals surface area contributed by atoms with Gasteiger partial charge in [-0.25, -0.2) is 0 Å². The Balaban J connectivity index is 3.29. The van der Waals surface area contributed by atoms with Crippen LogP contribution in [0.2, 0.25) is 0 Å². The second-order valence-corrected chi connectivity index (χ2v) is 3.56. The number of ether oxygens (including phenoxy) is 1. The average Bonchev–Trinajstić information content (AvgIpc) is 2.12. The van der Waals surface area contributed by atoms with E-state index in [1.807, 2.05) is 0 Å². The molecule has 80 valence electrons. The molecule has 0 saturated heterocycles. The quantitative estimate of drug-likeness (QED) is 0.602. The maximum absolute atomic E-state index is 9.34. The van der Waals surface area contributed by atoms with E-state index in [9.17, 15) is 5.11 Å². The molecule has 3 nitrogen and oxygen atoms in total. The second-order valence-electron chi connectivity index (χ2n) is 3.56. The van der Waals surface area contributed by atoms with Crippen LogP contribution in [0.4, 0.5) is 0 Å². The second kappa shape index (κ2) is 8.48. The van der Waals surface area contributed by atoms with Gasteiger partial charge in [0.15, 0.2) is 0 Å². The fourth-order valence-corrected chi connectivity index (χ4v) is 1.20. The molecule has 2 atom stereocenters. The van der Waals surface area contributed by atoms with Crippen molar-refractivity contribution < 1.29 is 9.84 Å². The Morgan fingerprint density at radius 2 is 2.15 bits per heavy atom. The van der Waals surface area contributed by atoms with Crippen LogP contribution in [-0.4, -0.2) is 37.5 Å². The molecule has 0 fully saturated rings. The summed E-state index contributed by atoms with van der Waals surface area (Å²) in [4.78, 5) is 0. The first-order valence-electron chi connectivity index (χ1n) is 5.11. The summed E-state index contributed by atoms with van der Waals surface area (Å²) in [6, 6.07) is 0.492. The maximum atomic E-state index is 9.34. The van der Waals surface area contributed by atoms with E-state index in [0.717, 1.165) is 0 Å². The Hall–Kier alpha value is -0.120. The molecule has 0 aromatic heterocycles. The van der Waals surface area contributed by atoms with Crippen molar-refractivity contribution in [3.63, 3.8) is 0 Å². The van der Waals surface area contributed by atoms with E-state index in [4.69, 9.17) is 4.74 Å². The van der Waals surface area contributed by atoms with Crippen molar-refractivity contribution in [1.29, 1.82) is 0 Å². The highest BCUT2D eigenvalue weighted by atomic mass is 16.5. The first kappa shape index (κ1) is 12.9. The molecule has 13 heavy (non-hydrogen) atoms. The van der Waals surface area contributed by atoms with Crippen LogP contribution in [0, 0.1) is 0 Å². The molecular formula is C10H23NO2. The predicted molar refractivity (Wildman–Crippen MR) is 54.9 cm³/mol. The van der Waals surface area contributed by atoms with Crippen molar-refractivity contribution in [3.05, 3.63) is 0 Å². The van der Waals surface area contributed by atoms with Crippen molar-refractivity contribution in [2.45, 2.75) is 45.3 Å². The zero-order valence-corrected chi connectivity index (χ0v) is 9.05. The SMILES string of the molecule is CCCCC(C)NCC(O)COC. The largest absolute Gasteiger partial charge is 0.389 e. The first-order chi connectivity index (χ1) is 6.20. The summed E-state index contributed by atoms with van der Waals surface area (Å²) in [5, 5.41) is 12.6. The molecule has 0 bridgehead atoms. The normalized spacial score (nSPS) is 15.7. The van der Waals surface area contributed by atoms with E-state index in [1.165, 1.54) is 19.3 Å². The number of hydrogen-bond donors (Lipinski definition) is 2. The van der Waals surface area contributed by atoms with Crippen LogP contribution >= 0.6 is 0 Å². The minimum atomic E-state index is -0.380. The predicted octanol–water partition coefficient (Wildman–Crippen LogP) is 1.16. The Morgan fingerprint density at radius 3 is 2.69 bits per heavy atom. The van der Waals surface area contributed by atoms with Crippen LogP contribution in [0.1, 0.15) is 33.1 Å². The van der Waals surface area contributed by atoms with Gasteiger partial charge in [-0.15, -0.1) is 0 Å². The van der Waals surface area contributed by atoms with Gasteiger partial charge in [0.25, 0.3) is 0 Å². The number of hydrogen-bond acceptors (Lipinski definition) is 3. The summed E-state index contributed by atoms with van der Waals surface area (Å²) in [6.07, 6.45) is 3.27.